The molecule has 400 valence electrons. The van der Waals surface area contributed by atoms with E-state index in [0.717, 1.165) is 6.29 Å². The van der Waals surface area contributed by atoms with Crippen molar-refractivity contribution in [3.05, 3.63) is 23.8 Å². The van der Waals surface area contributed by atoms with Crippen LogP contribution in [-0.2, 0) is 67.1 Å². The molecule has 4 heterocycles. The highest BCUT2D eigenvalue weighted by Gasteiger charge is 2.52. The second-order valence-electron chi connectivity index (χ2n) is 19.5. The maximum absolute atomic E-state index is 13.8. The van der Waals surface area contributed by atoms with Crippen LogP contribution in [0.1, 0.15) is 87.5 Å². The van der Waals surface area contributed by atoms with Gasteiger partial charge < -0.3 is 77.9 Å². The van der Waals surface area contributed by atoms with Crippen LogP contribution in [0.25, 0.3) is 0 Å². The van der Waals surface area contributed by atoms with Crippen LogP contribution in [0.4, 0.5) is 0 Å². The van der Waals surface area contributed by atoms with Gasteiger partial charge in [0.1, 0.15) is 49.0 Å². The van der Waals surface area contributed by atoms with Gasteiger partial charge in [0.25, 0.3) is 10.1 Å². The van der Waals surface area contributed by atoms with Gasteiger partial charge >= 0.3 is 5.97 Å². The zero-order valence-corrected chi connectivity index (χ0v) is 43.2. The molecule has 0 spiro atoms. The van der Waals surface area contributed by atoms with Gasteiger partial charge in [-0.15, -0.1) is 0 Å². The molecule has 0 aliphatic carbocycles. The summed E-state index contributed by atoms with van der Waals surface area (Å²) >= 11 is 0. The topological polar surface area (TPSA) is 293 Å². The zero-order chi connectivity index (χ0) is 52.3. The highest BCUT2D eigenvalue weighted by molar-refractivity contribution is 7.85. The number of likely N-dealkylation sites (N-methyl/N-ethyl adjacent to an activating group) is 1. The summed E-state index contributed by atoms with van der Waals surface area (Å²) in [5.41, 5.74) is -0.806. The van der Waals surface area contributed by atoms with Crippen LogP contribution in [0.5, 0.6) is 0 Å². The average Bonchev–Trinajstić information content (AvgIpc) is 3.25. The molecule has 21 nitrogen and oxygen atoms in total. The molecular weight excluding hydrogens is 931 g/mol. The molecule has 22 heteroatoms. The maximum atomic E-state index is 13.8. The normalized spacial score (nSPS) is 43.4. The number of cyclic esters (lactones) is 1. The molecule has 21 atom stereocenters. The predicted octanol–water partition coefficient (Wildman–Crippen LogP) is 1.34. The van der Waals surface area contributed by atoms with E-state index in [1.807, 2.05) is 19.9 Å². The van der Waals surface area contributed by atoms with E-state index in [2.05, 4.69) is 0 Å². The van der Waals surface area contributed by atoms with Gasteiger partial charge in [-0.2, -0.15) is 8.42 Å². The summed E-state index contributed by atoms with van der Waals surface area (Å²) in [6.45, 7) is 13.6. The van der Waals surface area contributed by atoms with Gasteiger partial charge in [0.15, 0.2) is 24.7 Å². The minimum atomic E-state index is -3.67. The third kappa shape index (κ3) is 17.4. The van der Waals surface area contributed by atoms with Gasteiger partial charge in [-0.1, -0.05) is 38.5 Å². The second-order valence-corrected chi connectivity index (χ2v) is 20.9. The summed E-state index contributed by atoms with van der Waals surface area (Å²) in [6, 6.07) is -0.748. The molecule has 0 radical (unpaired) electrons. The zero-order valence-electron chi connectivity index (χ0n) is 42.4. The second kappa shape index (κ2) is 27.1. The van der Waals surface area contributed by atoms with Gasteiger partial charge in [0, 0.05) is 44.8 Å². The van der Waals surface area contributed by atoms with Crippen LogP contribution in [0.2, 0.25) is 0 Å². The minimum absolute atomic E-state index is 0.00788. The molecule has 0 bridgehead atoms. The lowest BCUT2D eigenvalue weighted by atomic mass is 9.79. The van der Waals surface area contributed by atoms with E-state index in [-0.39, 0.29) is 31.7 Å². The number of allylic oxidation sites excluding steroid dienone is 3. The molecule has 4 aliphatic heterocycles. The minimum Gasteiger partial charge on any atom is -0.462 e. The molecule has 1 unspecified atom stereocenters. The van der Waals surface area contributed by atoms with E-state index in [9.17, 15) is 48.3 Å². The Kier molecular flexibility index (Phi) is 23.9. The maximum Gasteiger partial charge on any atom is 0.308 e. The molecule has 0 saturated carbocycles. The number of rotatable bonds is 13. The summed E-state index contributed by atoms with van der Waals surface area (Å²) in [7, 11) is 2.77. The number of hydrogen-bond acceptors (Lipinski definition) is 20. The van der Waals surface area contributed by atoms with E-state index in [1.54, 1.807) is 59.7 Å². The van der Waals surface area contributed by atoms with Crippen molar-refractivity contribution in [2.45, 2.75) is 191 Å². The molecule has 0 aromatic rings. The van der Waals surface area contributed by atoms with Crippen molar-refractivity contribution in [1.82, 2.24) is 4.90 Å². The Morgan fingerprint density at radius 1 is 0.870 bits per heavy atom. The fourth-order valence-electron chi connectivity index (χ4n) is 9.51. The number of ketones is 1. The number of hydrogen-bond donors (Lipinski definition) is 6. The Labute approximate surface area is 407 Å². The number of methoxy groups -OCH3 is 2. The lowest BCUT2D eigenvalue weighted by Crippen LogP contribution is -2.65. The number of aldehydes is 1. The number of carbonyl (C=O) groups excluding carboxylic acids is 3. The fourth-order valence-corrected chi connectivity index (χ4v) is 9.51. The number of aliphatic hydroxyl groups is 5. The van der Waals surface area contributed by atoms with E-state index >= 15 is 0 Å². The highest BCUT2D eigenvalue weighted by Crippen LogP contribution is 2.37. The van der Waals surface area contributed by atoms with Crippen molar-refractivity contribution in [1.29, 1.82) is 0 Å². The molecule has 0 amide bonds. The lowest BCUT2D eigenvalue weighted by Gasteiger charge is -2.50. The first-order valence-corrected chi connectivity index (χ1v) is 25.4. The Bertz CT molecular complexity index is 1790. The monoisotopic (exact) mass is 1010 g/mol. The van der Waals surface area contributed by atoms with Gasteiger partial charge in [-0.05, 0) is 73.5 Å². The Hall–Kier alpha value is -2.36. The number of nitrogens with zero attached hydrogens (tertiary/aromatic N) is 1. The largest absolute Gasteiger partial charge is 0.462 e. The van der Waals surface area contributed by atoms with Crippen LogP contribution in [0.3, 0.4) is 0 Å². The molecule has 6 N–H and O–H groups in total. The summed E-state index contributed by atoms with van der Waals surface area (Å²) in [5.74, 6) is -3.59. The van der Waals surface area contributed by atoms with E-state index < -0.39 is 150 Å². The quantitative estimate of drug-likeness (QED) is 0.0862. The highest BCUT2D eigenvalue weighted by atomic mass is 32.2. The van der Waals surface area contributed by atoms with Crippen molar-refractivity contribution in [2.24, 2.45) is 23.7 Å². The van der Waals surface area contributed by atoms with E-state index in [1.165, 1.54) is 27.2 Å². The van der Waals surface area contributed by atoms with Crippen LogP contribution in [-0.4, -0.2) is 206 Å². The number of esters is 1. The molecule has 3 saturated heterocycles. The van der Waals surface area contributed by atoms with Crippen molar-refractivity contribution >= 4 is 28.2 Å². The molecule has 0 aromatic carbocycles. The van der Waals surface area contributed by atoms with Gasteiger partial charge in [0.05, 0.1) is 61.4 Å². The first-order chi connectivity index (χ1) is 32.1. The molecule has 4 rings (SSSR count). The Morgan fingerprint density at radius 3 is 2.03 bits per heavy atom. The van der Waals surface area contributed by atoms with Crippen molar-refractivity contribution in [3.8, 4) is 0 Å². The van der Waals surface area contributed by atoms with Crippen molar-refractivity contribution < 1.29 is 95.5 Å². The number of aliphatic hydroxyl groups excluding tert-OH is 4. The third-order valence-corrected chi connectivity index (χ3v) is 13.4. The standard InChI is InChI=1S/C46H77NO17.CH4O3S/c1-13-33-30(22-58-45-42(57-12)41(56-11)37(52)26(5)60-45)18-23(2)14-15-31(49)24(3)19-29(16-17-48)39(25(4)32(50)20-34(51)62-33)64-44-38(53)36(47(9)10)40(27(6)61-44)63-35-21-46(8,55)43(54)28(7)59-35;1-5(2,3)4/h14-15,17-18,24-30,32-33,35-45,50,52-55H,13,16,19-22H2,1-12H3;1H3,(H,2,3,4)/b15-14+,23-18+;/t24-,25+,26-,27-,28+,29+,30?,32-,33-,35+,36-,37-,38-,39-,40-,41-,42-,43+,44-,45-,46-;/m1./s1. The lowest BCUT2D eigenvalue weighted by molar-refractivity contribution is -0.341. The third-order valence-electron chi connectivity index (χ3n) is 13.4. The summed E-state index contributed by atoms with van der Waals surface area (Å²) < 4.78 is 80.5. The van der Waals surface area contributed by atoms with E-state index in [4.69, 9.17) is 47.2 Å². The fraction of sp³-hybridized carbons (Fsp3) is 0.851. The van der Waals surface area contributed by atoms with Crippen molar-refractivity contribution in [3.63, 3.8) is 0 Å². The SMILES string of the molecule is CC[C@H]1OC(=O)C[C@@H](O)[C@H](C)[C@@H](O[C@H]2O[C@H](C)[C@@H](O[C@H]3C[C@@](C)(O)[C@@H](O)[C@H](C)O3)[C@H](N(C)C)[C@H]2O)[C@@H](CC=O)C[C@@H](C)C(=O)/C=C/C(C)=C/C1CO[C@@H]1O[C@H](C)[C@@H](O)[C@@H](OC)[C@H]1OC.CS(=O)(=O)O. The first-order valence-electron chi connectivity index (χ1n) is 23.6. The molecule has 69 heavy (non-hydrogen) atoms. The average molecular weight is 1010 g/mol. The van der Waals surface area contributed by atoms with Crippen LogP contribution in [0.15, 0.2) is 23.8 Å². The summed E-state index contributed by atoms with van der Waals surface area (Å²) in [6.07, 6.45) is -7.77. The van der Waals surface area contributed by atoms with Gasteiger partial charge in [-0.3, -0.25) is 14.1 Å². The van der Waals surface area contributed by atoms with Crippen LogP contribution in [0, 0.1) is 23.7 Å². The van der Waals surface area contributed by atoms with Crippen LogP contribution < -0.4 is 0 Å². The Morgan fingerprint density at radius 2 is 1.48 bits per heavy atom. The molecular formula is C47H81NO20S. The number of ether oxygens (including phenoxy) is 9. The van der Waals surface area contributed by atoms with Gasteiger partial charge in [-0.25, -0.2) is 0 Å². The Balaban J connectivity index is 0.00000239. The first kappa shape index (κ1) is 60.9. The molecule has 3 fully saturated rings. The van der Waals surface area contributed by atoms with E-state index in [0.29, 0.717) is 18.2 Å². The summed E-state index contributed by atoms with van der Waals surface area (Å²) in [5, 5.41) is 55.8. The smallest absolute Gasteiger partial charge is 0.308 e. The molecule has 4 aliphatic rings. The summed E-state index contributed by atoms with van der Waals surface area (Å²) in [4.78, 5) is 41.5. The van der Waals surface area contributed by atoms with Crippen molar-refractivity contribution in [2.75, 3.05) is 41.2 Å². The predicted molar refractivity (Wildman–Crippen MR) is 248 cm³/mol. The molecule has 0 aromatic heterocycles. The van der Waals surface area contributed by atoms with Gasteiger partial charge in [0.2, 0.25) is 0 Å². The van der Waals surface area contributed by atoms with Crippen LogP contribution >= 0.6 is 0 Å². The number of carbonyl (C=O) groups is 3.